The van der Waals surface area contributed by atoms with Crippen LogP contribution in [0.25, 0.3) is 66.1 Å². The number of rotatable bonds is 2. The summed E-state index contributed by atoms with van der Waals surface area (Å²) in [6.07, 6.45) is 0. The highest BCUT2D eigenvalue weighted by Gasteiger charge is 2.54. The number of ether oxygens (including phenoxy) is 1. The molecule has 9 aromatic carbocycles. The molecule has 296 valence electrons. The molecule has 0 radical (unpaired) electrons. The standard InChI is InChI=1S/C54H27B2NO5S2/c58-28-17-19-32-34-23-38-46-51(49(34)60-40(32)21-28)62-52-47-39(24-35-33-20-18-29(59)22-41(33)61-50(35)52)56-37-16-8-14-31(27-11-5-2-6-12-27)54(37)64-43-25-42-44(48(45(43)56)57(46)47)55(38)36-15-7-13-30(53(36)63-42)26-9-3-1-4-10-26/h1-25,58-59H. The summed E-state index contributed by atoms with van der Waals surface area (Å²) in [4.78, 5) is 7.48. The molecule has 0 fully saturated rings. The van der Waals surface area contributed by atoms with E-state index in [1.165, 1.54) is 69.4 Å². The van der Waals surface area contributed by atoms with Gasteiger partial charge < -0.3 is 28.7 Å². The lowest BCUT2D eigenvalue weighted by Gasteiger charge is -2.49. The smallest absolute Gasteiger partial charge is 0.249 e. The summed E-state index contributed by atoms with van der Waals surface area (Å²) in [6, 6.07) is 52.9. The maximum atomic E-state index is 10.7. The zero-order chi connectivity index (χ0) is 41.7. The molecule has 2 N–H and O–H groups in total. The minimum absolute atomic E-state index is 0.126. The highest BCUT2D eigenvalue weighted by atomic mass is 32.2. The van der Waals surface area contributed by atoms with Crippen molar-refractivity contribution in [2.45, 2.75) is 19.6 Å². The van der Waals surface area contributed by atoms with Crippen LogP contribution in [0.5, 0.6) is 23.0 Å². The van der Waals surface area contributed by atoms with Crippen LogP contribution in [0.2, 0.25) is 0 Å². The number of aromatic hydroxyl groups is 2. The zero-order valence-corrected chi connectivity index (χ0v) is 35.1. The first-order chi connectivity index (χ1) is 31.6. The van der Waals surface area contributed by atoms with Crippen LogP contribution in [0, 0.1) is 0 Å². The summed E-state index contributed by atoms with van der Waals surface area (Å²) in [5.74, 6) is 1.52. The second-order valence-corrected chi connectivity index (χ2v) is 19.4. The van der Waals surface area contributed by atoms with Gasteiger partial charge in [0.05, 0.1) is 11.4 Å². The number of hydrogen-bond donors (Lipinski definition) is 2. The molecule has 0 unspecified atom stereocenters. The number of anilines is 3. The molecule has 11 aromatic rings. The SMILES string of the molecule is Oc1ccc2c(c1)oc1c3c4c(cc12)B1c2cccc(-c5ccccc5)c2Sc2cc5c6c(c21)N4c1c(cc2c(oc4cc(O)ccc42)c1O3)B6c1cccc(-c2ccccc2)c1S5. The first kappa shape index (κ1) is 34.1. The van der Waals surface area contributed by atoms with Gasteiger partial charge in [0.25, 0.3) is 0 Å². The van der Waals surface area contributed by atoms with Crippen LogP contribution in [-0.4, -0.2) is 23.6 Å². The Bertz CT molecular complexity index is 3740. The lowest BCUT2D eigenvalue weighted by molar-refractivity contribution is 0.464. The summed E-state index contributed by atoms with van der Waals surface area (Å²) >= 11 is 3.77. The van der Waals surface area contributed by atoms with Crippen molar-refractivity contribution in [1.82, 2.24) is 0 Å². The van der Waals surface area contributed by atoms with E-state index in [9.17, 15) is 10.2 Å². The second kappa shape index (κ2) is 11.8. The molecule has 0 aliphatic carbocycles. The van der Waals surface area contributed by atoms with Crippen LogP contribution < -0.4 is 42.4 Å². The van der Waals surface area contributed by atoms with Crippen molar-refractivity contribution in [3.63, 3.8) is 0 Å². The molecule has 0 atom stereocenters. The van der Waals surface area contributed by atoms with E-state index >= 15 is 0 Å². The number of furan rings is 2. The van der Waals surface area contributed by atoms with E-state index in [4.69, 9.17) is 13.6 Å². The fourth-order valence-electron chi connectivity index (χ4n) is 11.6. The molecular formula is C54H27B2NO5S2. The van der Waals surface area contributed by atoms with Crippen molar-refractivity contribution in [2.24, 2.45) is 0 Å². The maximum Gasteiger partial charge on any atom is 0.249 e. The zero-order valence-electron chi connectivity index (χ0n) is 33.5. The number of hydrogen-bond acceptors (Lipinski definition) is 8. The third kappa shape index (κ3) is 4.14. The topological polar surface area (TPSA) is 79.2 Å². The van der Waals surface area contributed by atoms with E-state index in [0.717, 1.165) is 43.8 Å². The van der Waals surface area contributed by atoms with Crippen LogP contribution in [0.1, 0.15) is 0 Å². The number of fused-ring (bicyclic) bond motifs is 14. The first-order valence-corrected chi connectivity index (χ1v) is 23.0. The monoisotopic (exact) mass is 855 g/mol. The number of benzene rings is 9. The summed E-state index contributed by atoms with van der Waals surface area (Å²) in [7, 11) is 0. The van der Waals surface area contributed by atoms with Gasteiger partial charge in [0.15, 0.2) is 22.7 Å². The number of phenolic OH excluding ortho intramolecular Hbond substituents is 2. The molecule has 0 amide bonds. The molecule has 2 aromatic heterocycles. The number of phenols is 2. The van der Waals surface area contributed by atoms with E-state index in [0.29, 0.717) is 33.8 Å². The van der Waals surface area contributed by atoms with E-state index in [2.05, 4.69) is 120 Å². The summed E-state index contributed by atoms with van der Waals surface area (Å²) in [5.41, 5.74) is 17.7. The van der Waals surface area contributed by atoms with Crippen molar-refractivity contribution < 1.29 is 23.8 Å². The molecule has 5 aliphatic rings. The van der Waals surface area contributed by atoms with Gasteiger partial charge in [0.1, 0.15) is 22.7 Å². The van der Waals surface area contributed by atoms with E-state index < -0.39 is 0 Å². The molecule has 0 saturated heterocycles. The third-order valence-electron chi connectivity index (χ3n) is 14.1. The Morgan fingerprint density at radius 2 is 0.922 bits per heavy atom. The molecule has 6 nitrogen and oxygen atoms in total. The van der Waals surface area contributed by atoms with Gasteiger partial charge in [-0.3, -0.25) is 0 Å². The Hall–Kier alpha value is -7.39. The molecule has 5 aliphatic heterocycles. The van der Waals surface area contributed by atoms with Gasteiger partial charge in [0, 0.05) is 58.9 Å². The minimum Gasteiger partial charge on any atom is -0.508 e. The van der Waals surface area contributed by atoms with Gasteiger partial charge in [-0.1, -0.05) is 144 Å². The van der Waals surface area contributed by atoms with Crippen LogP contribution in [0.4, 0.5) is 17.1 Å². The Morgan fingerprint density at radius 1 is 0.438 bits per heavy atom. The van der Waals surface area contributed by atoms with Gasteiger partial charge in [-0.15, -0.1) is 0 Å². The fraction of sp³-hybridized carbons (Fsp3) is 0. The molecular weight excluding hydrogens is 828 g/mol. The molecule has 7 heterocycles. The van der Waals surface area contributed by atoms with Gasteiger partial charge >= 0.3 is 0 Å². The molecule has 0 spiro atoms. The van der Waals surface area contributed by atoms with Gasteiger partial charge in [-0.25, -0.2) is 0 Å². The fourth-order valence-corrected chi connectivity index (χ4v) is 14.3. The third-order valence-corrected chi connectivity index (χ3v) is 16.5. The Balaban J connectivity index is 1.09. The van der Waals surface area contributed by atoms with Crippen molar-refractivity contribution in [1.29, 1.82) is 0 Å². The van der Waals surface area contributed by atoms with Gasteiger partial charge in [0.2, 0.25) is 13.4 Å². The molecule has 0 saturated carbocycles. The predicted molar refractivity (Wildman–Crippen MR) is 260 cm³/mol. The Morgan fingerprint density at radius 3 is 1.41 bits per heavy atom. The molecule has 10 heteroatoms. The van der Waals surface area contributed by atoms with Crippen molar-refractivity contribution >= 4 is 131 Å². The maximum absolute atomic E-state index is 10.7. The normalized spacial score (nSPS) is 14.3. The number of nitrogens with zero attached hydrogens (tertiary/aromatic N) is 1. The predicted octanol–water partition coefficient (Wildman–Crippen LogP) is 10.4. The minimum atomic E-state index is -0.126. The first-order valence-electron chi connectivity index (χ1n) is 21.4. The molecule has 64 heavy (non-hydrogen) atoms. The average Bonchev–Trinajstić information content (AvgIpc) is 3.88. The van der Waals surface area contributed by atoms with Crippen LogP contribution in [-0.2, 0) is 0 Å². The van der Waals surface area contributed by atoms with Crippen molar-refractivity contribution in [2.75, 3.05) is 4.90 Å². The van der Waals surface area contributed by atoms with Gasteiger partial charge in [-0.05, 0) is 74.4 Å². The Labute approximate surface area is 373 Å². The van der Waals surface area contributed by atoms with E-state index in [1.54, 1.807) is 24.3 Å². The highest BCUT2D eigenvalue weighted by Crippen LogP contribution is 2.59. The lowest BCUT2D eigenvalue weighted by atomic mass is 9.30. The largest absolute Gasteiger partial charge is 0.508 e. The van der Waals surface area contributed by atoms with E-state index in [1.807, 2.05) is 35.7 Å². The molecule has 16 rings (SSSR count). The lowest BCUT2D eigenvalue weighted by Crippen LogP contribution is -2.67. The summed E-state index contributed by atoms with van der Waals surface area (Å²) in [6.45, 7) is -0.252. The van der Waals surface area contributed by atoms with Crippen LogP contribution >= 0.6 is 23.5 Å². The highest BCUT2D eigenvalue weighted by molar-refractivity contribution is 8.01. The van der Waals surface area contributed by atoms with Crippen molar-refractivity contribution in [3.05, 3.63) is 152 Å². The van der Waals surface area contributed by atoms with Crippen molar-refractivity contribution in [3.8, 4) is 45.3 Å². The van der Waals surface area contributed by atoms with E-state index in [-0.39, 0.29) is 24.9 Å². The van der Waals surface area contributed by atoms with Gasteiger partial charge in [-0.2, -0.15) is 0 Å². The quantitative estimate of drug-likeness (QED) is 0.167. The Kier molecular flexibility index (Phi) is 6.29. The average molecular weight is 856 g/mol. The summed E-state index contributed by atoms with van der Waals surface area (Å²) in [5, 5.41) is 25.0. The molecule has 0 bridgehead atoms. The summed E-state index contributed by atoms with van der Waals surface area (Å²) < 4.78 is 21.0. The second-order valence-electron chi connectivity index (χ2n) is 17.3. The van der Waals surface area contributed by atoms with Crippen LogP contribution in [0.3, 0.4) is 0 Å². The van der Waals surface area contributed by atoms with Crippen LogP contribution in [0.15, 0.2) is 180 Å².